The molecule has 0 radical (unpaired) electrons. The molecule has 6 heteroatoms. The van der Waals surface area contributed by atoms with Crippen molar-refractivity contribution in [3.05, 3.63) is 76.5 Å². The maximum absolute atomic E-state index is 12.1. The van der Waals surface area contributed by atoms with Crippen molar-refractivity contribution >= 4 is 62.7 Å². The van der Waals surface area contributed by atoms with Crippen LogP contribution in [0.4, 0.5) is 5.69 Å². The number of benzene rings is 2. The largest absolute Gasteiger partial charge is 0.353 e. The van der Waals surface area contributed by atoms with Gasteiger partial charge in [0.1, 0.15) is 0 Å². The second-order valence-corrected chi connectivity index (χ2v) is 6.62. The van der Waals surface area contributed by atoms with Crippen LogP contribution in [-0.4, -0.2) is 15.9 Å². The molecule has 0 saturated carbocycles. The summed E-state index contributed by atoms with van der Waals surface area (Å²) in [5, 5.41) is 5.81. The van der Waals surface area contributed by atoms with Crippen LogP contribution in [0.25, 0.3) is 27.9 Å². The quantitative estimate of drug-likeness (QED) is 0.448. The molecular weight excluding hydrogens is 369 g/mol. The zero-order valence-corrected chi connectivity index (χ0v) is 15.0. The first-order chi connectivity index (χ1) is 12.6. The number of hydrogen-bond donors (Lipinski definition) is 2. The van der Waals surface area contributed by atoms with Crippen LogP contribution < -0.4 is 5.32 Å². The number of halogens is 2. The van der Waals surface area contributed by atoms with Gasteiger partial charge in [-0.1, -0.05) is 41.4 Å². The first-order valence-electron chi connectivity index (χ1n) is 7.91. The van der Waals surface area contributed by atoms with Crippen molar-refractivity contribution in [3.63, 3.8) is 0 Å². The van der Waals surface area contributed by atoms with Gasteiger partial charge in [-0.3, -0.25) is 9.78 Å². The molecule has 4 aromatic rings. The zero-order chi connectivity index (χ0) is 18.1. The third kappa shape index (κ3) is 3.29. The lowest BCUT2D eigenvalue weighted by Gasteiger charge is -2.04. The minimum atomic E-state index is -0.296. The Hall–Kier alpha value is -2.82. The molecule has 2 heterocycles. The summed E-state index contributed by atoms with van der Waals surface area (Å²) in [6.45, 7) is 0. The van der Waals surface area contributed by atoms with E-state index in [1.54, 1.807) is 30.5 Å². The van der Waals surface area contributed by atoms with Crippen LogP contribution in [0.1, 0.15) is 5.69 Å². The lowest BCUT2D eigenvalue weighted by molar-refractivity contribution is -0.111. The van der Waals surface area contributed by atoms with Crippen molar-refractivity contribution < 1.29 is 4.79 Å². The van der Waals surface area contributed by atoms with Crippen LogP contribution in [0.3, 0.4) is 0 Å². The third-order valence-electron chi connectivity index (χ3n) is 4.01. The lowest BCUT2D eigenvalue weighted by atomic mass is 10.1. The van der Waals surface area contributed by atoms with Gasteiger partial charge in [0.2, 0.25) is 5.91 Å². The molecule has 26 heavy (non-hydrogen) atoms. The van der Waals surface area contributed by atoms with Crippen molar-refractivity contribution in [1.29, 1.82) is 0 Å². The molecule has 4 rings (SSSR count). The van der Waals surface area contributed by atoms with Gasteiger partial charge in [-0.15, -0.1) is 0 Å². The van der Waals surface area contributed by atoms with Crippen LogP contribution in [0.5, 0.6) is 0 Å². The molecule has 2 aromatic carbocycles. The maximum atomic E-state index is 12.1. The molecule has 2 aromatic heterocycles. The van der Waals surface area contributed by atoms with Gasteiger partial charge in [0.05, 0.1) is 28.1 Å². The van der Waals surface area contributed by atoms with Gasteiger partial charge < -0.3 is 10.3 Å². The van der Waals surface area contributed by atoms with Crippen molar-refractivity contribution in [2.75, 3.05) is 5.32 Å². The molecule has 0 unspecified atom stereocenters. The van der Waals surface area contributed by atoms with Crippen LogP contribution in [0, 0.1) is 0 Å². The molecule has 0 fully saturated rings. The normalized spacial score (nSPS) is 11.5. The molecule has 0 aliphatic heterocycles. The number of H-pyrrole nitrogens is 1. The summed E-state index contributed by atoms with van der Waals surface area (Å²) in [5.74, 6) is -0.296. The van der Waals surface area contributed by atoms with E-state index in [1.165, 1.54) is 6.08 Å². The van der Waals surface area contributed by atoms with E-state index in [-0.39, 0.29) is 5.91 Å². The summed E-state index contributed by atoms with van der Waals surface area (Å²) in [6.07, 6.45) is 4.86. The molecule has 0 aliphatic rings. The highest BCUT2D eigenvalue weighted by atomic mass is 35.5. The lowest BCUT2D eigenvalue weighted by Crippen LogP contribution is -2.08. The Morgan fingerprint density at radius 3 is 2.73 bits per heavy atom. The van der Waals surface area contributed by atoms with E-state index < -0.39 is 0 Å². The van der Waals surface area contributed by atoms with E-state index in [1.807, 2.05) is 24.3 Å². The Bertz CT molecular complexity index is 1160. The van der Waals surface area contributed by atoms with Crippen molar-refractivity contribution in [2.24, 2.45) is 0 Å². The molecule has 1 amide bonds. The predicted octanol–water partition coefficient (Wildman–Crippen LogP) is 5.67. The van der Waals surface area contributed by atoms with Gasteiger partial charge >= 0.3 is 0 Å². The average Bonchev–Trinajstić information content (AvgIpc) is 3.00. The van der Waals surface area contributed by atoms with Gasteiger partial charge in [0, 0.05) is 27.4 Å². The first kappa shape index (κ1) is 16.6. The Kier molecular flexibility index (Phi) is 4.37. The van der Waals surface area contributed by atoms with E-state index in [0.29, 0.717) is 21.4 Å². The molecule has 2 N–H and O–H groups in total. The molecule has 4 nitrogen and oxygen atoms in total. The minimum Gasteiger partial charge on any atom is -0.353 e. The highest BCUT2D eigenvalue weighted by molar-refractivity contribution is 6.36. The van der Waals surface area contributed by atoms with Crippen LogP contribution in [0.2, 0.25) is 10.0 Å². The maximum Gasteiger partial charge on any atom is 0.248 e. The molecule has 128 valence electrons. The molecule has 0 aliphatic carbocycles. The van der Waals surface area contributed by atoms with E-state index in [0.717, 1.165) is 21.8 Å². The van der Waals surface area contributed by atoms with Crippen molar-refractivity contribution in [3.8, 4) is 0 Å². The highest BCUT2D eigenvalue weighted by Crippen LogP contribution is 2.26. The molecular formula is C20H13Cl2N3O. The Balaban J connectivity index is 1.57. The summed E-state index contributed by atoms with van der Waals surface area (Å²) in [5.41, 5.74) is 3.21. The highest BCUT2D eigenvalue weighted by Gasteiger charge is 2.06. The number of pyridine rings is 1. The number of nitrogens with one attached hydrogen (secondary N) is 2. The smallest absolute Gasteiger partial charge is 0.248 e. The van der Waals surface area contributed by atoms with Crippen molar-refractivity contribution in [2.45, 2.75) is 0 Å². The van der Waals surface area contributed by atoms with E-state index in [9.17, 15) is 4.79 Å². The first-order valence-corrected chi connectivity index (χ1v) is 8.66. The van der Waals surface area contributed by atoms with E-state index >= 15 is 0 Å². The molecule has 0 atom stereocenters. The molecule has 0 bridgehead atoms. The van der Waals surface area contributed by atoms with Gasteiger partial charge in [-0.05, 0) is 36.4 Å². The summed E-state index contributed by atoms with van der Waals surface area (Å²) >= 11 is 11.9. The zero-order valence-electron chi connectivity index (χ0n) is 13.5. The van der Waals surface area contributed by atoms with Gasteiger partial charge in [0.25, 0.3) is 0 Å². The number of hydrogen-bond acceptors (Lipinski definition) is 2. The number of carbonyl (C=O) groups excluding carboxylic acids is 1. The Morgan fingerprint density at radius 1 is 1.04 bits per heavy atom. The number of anilines is 1. The summed E-state index contributed by atoms with van der Waals surface area (Å²) in [6, 6.07) is 14.9. The van der Waals surface area contributed by atoms with Crippen LogP contribution in [-0.2, 0) is 4.79 Å². The Labute approximate surface area is 159 Å². The molecule has 0 spiro atoms. The van der Waals surface area contributed by atoms with Crippen LogP contribution in [0.15, 0.2) is 60.8 Å². The van der Waals surface area contributed by atoms with Gasteiger partial charge in [-0.2, -0.15) is 0 Å². The fourth-order valence-corrected chi connectivity index (χ4v) is 3.24. The number of rotatable bonds is 3. The summed E-state index contributed by atoms with van der Waals surface area (Å²) in [7, 11) is 0. The number of nitrogens with zero attached hydrogens (tertiary/aromatic N) is 1. The minimum absolute atomic E-state index is 0.296. The SMILES string of the molecule is O=C(/C=C/c1cc2c(cn1)[nH]c1ccccc12)Nc1ccc(Cl)cc1Cl. The third-order valence-corrected chi connectivity index (χ3v) is 4.55. The average molecular weight is 382 g/mol. The number of fused-ring (bicyclic) bond motifs is 3. The monoisotopic (exact) mass is 381 g/mol. The number of para-hydroxylation sites is 1. The predicted molar refractivity (Wildman–Crippen MR) is 108 cm³/mol. The number of amides is 1. The Morgan fingerprint density at radius 2 is 1.88 bits per heavy atom. The summed E-state index contributed by atoms with van der Waals surface area (Å²) < 4.78 is 0. The topological polar surface area (TPSA) is 57.8 Å². The van der Waals surface area contributed by atoms with E-state index in [4.69, 9.17) is 23.2 Å². The van der Waals surface area contributed by atoms with Gasteiger partial charge in [-0.25, -0.2) is 0 Å². The number of aromatic nitrogens is 2. The van der Waals surface area contributed by atoms with Crippen LogP contribution >= 0.6 is 23.2 Å². The standard InChI is InChI=1S/C20H13Cl2N3O/c21-12-5-7-18(16(22)9-12)25-20(26)8-6-13-10-15-14-3-1-2-4-17(14)24-19(15)11-23-13/h1-11,24H,(H,25,26)/b8-6+. The fourth-order valence-electron chi connectivity index (χ4n) is 2.78. The van der Waals surface area contributed by atoms with Gasteiger partial charge in [0.15, 0.2) is 0 Å². The second kappa shape index (κ2) is 6.83. The summed E-state index contributed by atoms with van der Waals surface area (Å²) in [4.78, 5) is 19.8. The molecule has 0 saturated heterocycles. The fraction of sp³-hybridized carbons (Fsp3) is 0. The number of aromatic amines is 1. The van der Waals surface area contributed by atoms with Crippen molar-refractivity contribution in [1.82, 2.24) is 9.97 Å². The number of carbonyl (C=O) groups is 1. The second-order valence-electron chi connectivity index (χ2n) is 5.77. The van der Waals surface area contributed by atoms with E-state index in [2.05, 4.69) is 21.4 Å².